The van der Waals surface area contributed by atoms with Gasteiger partial charge in [-0.1, -0.05) is 48.0 Å². The van der Waals surface area contributed by atoms with Gasteiger partial charge in [0.2, 0.25) is 5.91 Å². The number of halogens is 2. The Hall–Kier alpha value is -2.20. The average Bonchev–Trinajstić information content (AvgIpc) is 2.49. The summed E-state index contributed by atoms with van der Waals surface area (Å²) in [5.74, 6) is -0.715. The van der Waals surface area contributed by atoms with Gasteiger partial charge in [0.05, 0.1) is 11.2 Å². The van der Waals surface area contributed by atoms with Crippen LogP contribution in [0.25, 0.3) is 0 Å². The minimum absolute atomic E-state index is 0.155. The molecule has 5 heteroatoms. The predicted molar refractivity (Wildman–Crippen MR) is 81.9 cm³/mol. The van der Waals surface area contributed by atoms with Gasteiger partial charge in [-0.15, -0.1) is 0 Å². The quantitative estimate of drug-likeness (QED) is 0.666. The number of nitrogens with zero attached hydrogens (tertiary/aromatic N) is 1. The monoisotopic (exact) mass is 304 g/mol. The zero-order valence-corrected chi connectivity index (χ0v) is 12.0. The second-order valence-electron chi connectivity index (χ2n) is 4.41. The molecule has 2 rings (SSSR count). The van der Waals surface area contributed by atoms with Crippen molar-refractivity contribution in [1.29, 1.82) is 0 Å². The lowest BCUT2D eigenvalue weighted by molar-refractivity contribution is -0.121. The maximum absolute atomic E-state index is 13.5. The van der Waals surface area contributed by atoms with E-state index in [-0.39, 0.29) is 16.5 Å². The number of benzene rings is 2. The molecule has 2 aromatic rings. The lowest BCUT2D eigenvalue weighted by atomic mass is 10.1. The van der Waals surface area contributed by atoms with Gasteiger partial charge in [0.15, 0.2) is 0 Å². The molecule has 1 amide bonds. The summed E-state index contributed by atoms with van der Waals surface area (Å²) in [6, 6.07) is 14.0. The molecule has 1 N–H and O–H groups in total. The summed E-state index contributed by atoms with van der Waals surface area (Å²) in [6.45, 7) is 0. The SMILES string of the molecule is O=C(CCc1ccccc1)NN=Cc1c(F)cccc1Cl. The van der Waals surface area contributed by atoms with Gasteiger partial charge in [-0.05, 0) is 24.1 Å². The number of rotatable bonds is 5. The van der Waals surface area contributed by atoms with Crippen LogP contribution >= 0.6 is 11.6 Å². The van der Waals surface area contributed by atoms with Crippen LogP contribution in [0.5, 0.6) is 0 Å². The normalized spacial score (nSPS) is 10.8. The Kier molecular flexibility index (Phi) is 5.46. The van der Waals surface area contributed by atoms with Crippen LogP contribution in [0.3, 0.4) is 0 Å². The maximum atomic E-state index is 13.5. The highest BCUT2D eigenvalue weighted by molar-refractivity contribution is 6.33. The van der Waals surface area contributed by atoms with E-state index >= 15 is 0 Å². The average molecular weight is 305 g/mol. The van der Waals surface area contributed by atoms with Crippen LogP contribution in [0.1, 0.15) is 17.5 Å². The van der Waals surface area contributed by atoms with Crippen LogP contribution in [-0.2, 0) is 11.2 Å². The van der Waals surface area contributed by atoms with Crippen LogP contribution in [0.4, 0.5) is 4.39 Å². The fraction of sp³-hybridized carbons (Fsp3) is 0.125. The van der Waals surface area contributed by atoms with Crippen LogP contribution in [0.15, 0.2) is 53.6 Å². The number of hydrazone groups is 1. The Morgan fingerprint density at radius 3 is 2.67 bits per heavy atom. The molecule has 0 bridgehead atoms. The molecule has 21 heavy (non-hydrogen) atoms. The van der Waals surface area contributed by atoms with Crippen molar-refractivity contribution in [3.63, 3.8) is 0 Å². The molecule has 0 aromatic heterocycles. The lowest BCUT2D eigenvalue weighted by Crippen LogP contribution is -2.18. The molecule has 0 atom stereocenters. The van der Waals surface area contributed by atoms with E-state index in [0.29, 0.717) is 12.8 Å². The number of aryl methyl sites for hydroxylation is 1. The second kappa shape index (κ2) is 7.55. The molecule has 0 saturated carbocycles. The zero-order valence-electron chi connectivity index (χ0n) is 11.2. The predicted octanol–water partition coefficient (Wildman–Crippen LogP) is 3.56. The molecular weight excluding hydrogens is 291 g/mol. The Bertz CT molecular complexity index is 624. The first-order valence-electron chi connectivity index (χ1n) is 6.46. The van der Waals surface area contributed by atoms with Crippen LogP contribution in [-0.4, -0.2) is 12.1 Å². The standard InChI is InChI=1S/C16H14ClFN2O/c17-14-7-4-8-15(18)13(14)11-19-20-16(21)10-9-12-5-2-1-3-6-12/h1-8,11H,9-10H2,(H,20,21). The highest BCUT2D eigenvalue weighted by Crippen LogP contribution is 2.16. The van der Waals surface area contributed by atoms with Crippen molar-refractivity contribution in [3.05, 3.63) is 70.5 Å². The second-order valence-corrected chi connectivity index (χ2v) is 4.82. The van der Waals surface area contributed by atoms with E-state index in [9.17, 15) is 9.18 Å². The largest absolute Gasteiger partial charge is 0.273 e. The Morgan fingerprint density at radius 2 is 1.95 bits per heavy atom. The van der Waals surface area contributed by atoms with E-state index < -0.39 is 5.82 Å². The summed E-state index contributed by atoms with van der Waals surface area (Å²) in [5, 5.41) is 3.97. The number of amides is 1. The van der Waals surface area contributed by atoms with E-state index in [0.717, 1.165) is 5.56 Å². The molecule has 108 valence electrons. The molecule has 0 aliphatic rings. The van der Waals surface area contributed by atoms with Crippen molar-refractivity contribution in [3.8, 4) is 0 Å². The smallest absolute Gasteiger partial charge is 0.240 e. The lowest BCUT2D eigenvalue weighted by Gasteiger charge is -2.01. The van der Waals surface area contributed by atoms with Crippen molar-refractivity contribution in [2.24, 2.45) is 5.10 Å². The first-order valence-corrected chi connectivity index (χ1v) is 6.84. The molecule has 0 unspecified atom stereocenters. The Morgan fingerprint density at radius 1 is 1.19 bits per heavy atom. The number of hydrogen-bond acceptors (Lipinski definition) is 2. The van der Waals surface area contributed by atoms with E-state index in [1.54, 1.807) is 6.07 Å². The van der Waals surface area contributed by atoms with Crippen LogP contribution < -0.4 is 5.43 Å². The van der Waals surface area contributed by atoms with Crippen LogP contribution in [0, 0.1) is 5.82 Å². The van der Waals surface area contributed by atoms with Gasteiger partial charge < -0.3 is 0 Å². The molecule has 2 aromatic carbocycles. The van der Waals surface area contributed by atoms with E-state index in [1.165, 1.54) is 18.3 Å². The number of hydrogen-bond donors (Lipinski definition) is 1. The summed E-state index contributed by atoms with van der Waals surface area (Å²) < 4.78 is 13.5. The van der Waals surface area contributed by atoms with Gasteiger partial charge in [0.1, 0.15) is 5.82 Å². The molecule has 3 nitrogen and oxygen atoms in total. The summed E-state index contributed by atoms with van der Waals surface area (Å²) in [7, 11) is 0. The summed E-state index contributed by atoms with van der Waals surface area (Å²) >= 11 is 5.84. The van der Waals surface area contributed by atoms with Crippen LogP contribution in [0.2, 0.25) is 5.02 Å². The van der Waals surface area contributed by atoms with Crippen molar-refractivity contribution in [2.45, 2.75) is 12.8 Å². The maximum Gasteiger partial charge on any atom is 0.240 e. The third-order valence-corrected chi connectivity index (χ3v) is 3.20. The first-order chi connectivity index (χ1) is 10.2. The summed E-state index contributed by atoms with van der Waals surface area (Å²) in [6.07, 6.45) is 2.15. The Labute approximate surface area is 127 Å². The fourth-order valence-corrected chi connectivity index (χ4v) is 1.97. The topological polar surface area (TPSA) is 41.5 Å². The fourth-order valence-electron chi connectivity index (χ4n) is 1.76. The zero-order chi connectivity index (χ0) is 15.1. The summed E-state index contributed by atoms with van der Waals surface area (Å²) in [5.41, 5.74) is 3.59. The van der Waals surface area contributed by atoms with E-state index in [1.807, 2.05) is 30.3 Å². The molecular formula is C16H14ClFN2O. The minimum atomic E-state index is -0.482. The van der Waals surface area contributed by atoms with Crippen molar-refractivity contribution < 1.29 is 9.18 Å². The van der Waals surface area contributed by atoms with Gasteiger partial charge in [-0.25, -0.2) is 9.82 Å². The molecule has 0 saturated heterocycles. The first kappa shape index (κ1) is 15.2. The van der Waals surface area contributed by atoms with Crippen molar-refractivity contribution >= 4 is 23.7 Å². The van der Waals surface area contributed by atoms with Gasteiger partial charge >= 0.3 is 0 Å². The van der Waals surface area contributed by atoms with E-state index in [2.05, 4.69) is 10.5 Å². The number of nitrogens with one attached hydrogen (secondary N) is 1. The molecule has 0 aliphatic carbocycles. The third kappa shape index (κ3) is 4.68. The van der Waals surface area contributed by atoms with Gasteiger partial charge in [-0.3, -0.25) is 4.79 Å². The molecule has 0 heterocycles. The molecule has 0 fully saturated rings. The number of carbonyl (C=O) groups is 1. The number of carbonyl (C=O) groups excluding carboxylic acids is 1. The highest BCUT2D eigenvalue weighted by Gasteiger charge is 2.04. The summed E-state index contributed by atoms with van der Waals surface area (Å²) in [4.78, 5) is 11.6. The molecule has 0 aliphatic heterocycles. The van der Waals surface area contributed by atoms with Gasteiger partial charge in [0.25, 0.3) is 0 Å². The van der Waals surface area contributed by atoms with Gasteiger partial charge in [-0.2, -0.15) is 5.10 Å². The van der Waals surface area contributed by atoms with Gasteiger partial charge in [0, 0.05) is 12.0 Å². The van der Waals surface area contributed by atoms with Crippen molar-refractivity contribution in [1.82, 2.24) is 5.43 Å². The third-order valence-electron chi connectivity index (χ3n) is 2.87. The minimum Gasteiger partial charge on any atom is -0.273 e. The molecule has 0 spiro atoms. The molecule has 0 radical (unpaired) electrons. The highest BCUT2D eigenvalue weighted by atomic mass is 35.5. The Balaban J connectivity index is 1.85. The van der Waals surface area contributed by atoms with E-state index in [4.69, 9.17) is 11.6 Å². The van der Waals surface area contributed by atoms with Crippen molar-refractivity contribution in [2.75, 3.05) is 0 Å².